The zero-order chi connectivity index (χ0) is 26.4. The predicted octanol–water partition coefficient (Wildman–Crippen LogP) is 3.99. The Morgan fingerprint density at radius 3 is 2.51 bits per heavy atom. The number of nitrogens with one attached hydrogen (secondary N) is 2. The molecule has 0 aliphatic heterocycles. The van der Waals surface area contributed by atoms with Crippen LogP contribution in [0.3, 0.4) is 0 Å². The molecule has 1 aliphatic rings. The van der Waals surface area contributed by atoms with E-state index in [1.807, 2.05) is 30.3 Å². The molecule has 0 bridgehead atoms. The zero-order valence-electron chi connectivity index (χ0n) is 21.0. The van der Waals surface area contributed by atoms with Gasteiger partial charge in [-0.05, 0) is 60.5 Å². The molecule has 1 aliphatic carbocycles. The number of hydrogen-bond donors (Lipinski definition) is 3. The first-order valence-electron chi connectivity index (χ1n) is 12.6. The fourth-order valence-electron chi connectivity index (χ4n) is 4.71. The van der Waals surface area contributed by atoms with Crippen molar-refractivity contribution in [3.05, 3.63) is 59.5 Å². The molecule has 2 aromatic carbocycles. The van der Waals surface area contributed by atoms with Gasteiger partial charge < -0.3 is 16.4 Å². The minimum absolute atomic E-state index is 0.175. The third kappa shape index (κ3) is 6.88. The first-order chi connectivity index (χ1) is 17.7. The van der Waals surface area contributed by atoms with Crippen LogP contribution in [0.2, 0.25) is 0 Å². The lowest BCUT2D eigenvalue weighted by Crippen LogP contribution is -2.48. The number of thiophene rings is 1. The third-order valence-electron chi connectivity index (χ3n) is 6.85. The smallest absolute Gasteiger partial charge is 0.262 e. The lowest BCUT2D eigenvalue weighted by molar-refractivity contribution is -0.123. The van der Waals surface area contributed by atoms with Gasteiger partial charge in [-0.2, -0.15) is 0 Å². The van der Waals surface area contributed by atoms with Gasteiger partial charge in [0, 0.05) is 30.5 Å². The Labute approximate surface area is 222 Å². The molecule has 1 saturated carbocycles. The molecule has 198 valence electrons. The largest absolute Gasteiger partial charge is 0.399 e. The molecule has 0 radical (unpaired) electrons. The number of carbonyl (C=O) groups excluding carboxylic acids is 2. The Hall–Kier alpha value is -2.95. The highest BCUT2D eigenvalue weighted by Gasteiger charge is 2.27. The SMILES string of the molecule is CN(CCCNC(=O)[C@H](CC1CCCC1)NC(=O)c1cc2ccccc2s1)S(=O)(=O)c1ccc(N)cc1. The van der Waals surface area contributed by atoms with Crippen molar-refractivity contribution in [1.29, 1.82) is 0 Å². The normalized spacial score (nSPS) is 15.2. The van der Waals surface area contributed by atoms with Gasteiger partial charge in [-0.3, -0.25) is 9.59 Å². The van der Waals surface area contributed by atoms with Gasteiger partial charge in [0.15, 0.2) is 0 Å². The quantitative estimate of drug-likeness (QED) is 0.250. The Morgan fingerprint density at radius 2 is 1.81 bits per heavy atom. The van der Waals surface area contributed by atoms with E-state index in [4.69, 9.17) is 5.73 Å². The van der Waals surface area contributed by atoms with Gasteiger partial charge in [-0.25, -0.2) is 12.7 Å². The third-order valence-corrected chi connectivity index (χ3v) is 9.84. The van der Waals surface area contributed by atoms with Crippen LogP contribution in [0.15, 0.2) is 59.5 Å². The number of nitrogen functional groups attached to an aromatic ring is 1. The molecule has 1 fully saturated rings. The van der Waals surface area contributed by atoms with E-state index in [1.165, 1.54) is 34.8 Å². The van der Waals surface area contributed by atoms with Crippen molar-refractivity contribution in [3.63, 3.8) is 0 Å². The maximum atomic E-state index is 13.1. The summed E-state index contributed by atoms with van der Waals surface area (Å²) in [5, 5.41) is 6.88. The number of carbonyl (C=O) groups is 2. The second-order valence-corrected chi connectivity index (χ2v) is 12.7. The summed E-state index contributed by atoms with van der Waals surface area (Å²) in [6, 6.07) is 15.1. The first kappa shape index (κ1) is 27.1. The van der Waals surface area contributed by atoms with E-state index in [-0.39, 0.29) is 23.3 Å². The van der Waals surface area contributed by atoms with Crippen LogP contribution < -0.4 is 16.4 Å². The number of hydrogen-bond acceptors (Lipinski definition) is 6. The van der Waals surface area contributed by atoms with Gasteiger partial charge >= 0.3 is 0 Å². The average Bonchev–Trinajstić information content (AvgIpc) is 3.56. The number of anilines is 1. The summed E-state index contributed by atoms with van der Waals surface area (Å²) in [5.41, 5.74) is 6.15. The van der Waals surface area contributed by atoms with E-state index >= 15 is 0 Å². The van der Waals surface area contributed by atoms with Crippen LogP contribution in [-0.2, 0) is 14.8 Å². The van der Waals surface area contributed by atoms with Gasteiger partial charge in [-0.15, -0.1) is 11.3 Å². The highest BCUT2D eigenvalue weighted by Crippen LogP contribution is 2.29. The summed E-state index contributed by atoms with van der Waals surface area (Å²) in [5.74, 6) is -0.0614. The number of sulfonamides is 1. The van der Waals surface area contributed by atoms with Crippen LogP contribution in [0.4, 0.5) is 5.69 Å². The number of benzene rings is 2. The molecule has 8 nitrogen and oxygen atoms in total. The minimum Gasteiger partial charge on any atom is -0.399 e. The highest BCUT2D eigenvalue weighted by molar-refractivity contribution is 7.89. The summed E-state index contributed by atoms with van der Waals surface area (Å²) in [7, 11) is -2.12. The molecule has 1 atom stereocenters. The summed E-state index contributed by atoms with van der Waals surface area (Å²) in [6.45, 7) is 0.550. The molecule has 4 N–H and O–H groups in total. The molecule has 4 rings (SSSR count). The summed E-state index contributed by atoms with van der Waals surface area (Å²) in [6.07, 6.45) is 5.48. The molecular weight excluding hydrogens is 508 g/mol. The molecule has 0 saturated heterocycles. The van der Waals surface area contributed by atoms with E-state index in [0.717, 1.165) is 35.8 Å². The van der Waals surface area contributed by atoms with Crippen molar-refractivity contribution in [3.8, 4) is 0 Å². The van der Waals surface area contributed by atoms with Crippen molar-refractivity contribution < 1.29 is 18.0 Å². The van der Waals surface area contributed by atoms with Gasteiger partial charge in [0.1, 0.15) is 6.04 Å². The number of fused-ring (bicyclic) bond motifs is 1. The van der Waals surface area contributed by atoms with E-state index in [9.17, 15) is 18.0 Å². The molecule has 0 unspecified atom stereocenters. The van der Waals surface area contributed by atoms with Crippen molar-refractivity contribution >= 4 is 48.9 Å². The van der Waals surface area contributed by atoms with E-state index in [1.54, 1.807) is 12.1 Å². The van der Waals surface area contributed by atoms with E-state index < -0.39 is 16.1 Å². The maximum Gasteiger partial charge on any atom is 0.262 e. The summed E-state index contributed by atoms with van der Waals surface area (Å²) in [4.78, 5) is 26.9. The Morgan fingerprint density at radius 1 is 1.11 bits per heavy atom. The molecule has 3 aromatic rings. The number of nitrogens with two attached hydrogens (primary N) is 1. The van der Waals surface area contributed by atoms with Crippen LogP contribution in [0.5, 0.6) is 0 Å². The Balaban J connectivity index is 1.33. The number of rotatable bonds is 11. The number of nitrogens with zero attached hydrogens (tertiary/aromatic N) is 1. The van der Waals surface area contributed by atoms with Crippen LogP contribution in [-0.4, -0.2) is 50.7 Å². The topological polar surface area (TPSA) is 122 Å². The second-order valence-electron chi connectivity index (χ2n) is 9.60. The highest BCUT2D eigenvalue weighted by atomic mass is 32.2. The Kier molecular flexibility index (Phi) is 8.83. The van der Waals surface area contributed by atoms with Crippen molar-refractivity contribution in [1.82, 2.24) is 14.9 Å². The van der Waals surface area contributed by atoms with Gasteiger partial charge in [0.2, 0.25) is 15.9 Å². The van der Waals surface area contributed by atoms with Gasteiger partial charge in [0.05, 0.1) is 9.77 Å². The summed E-state index contributed by atoms with van der Waals surface area (Å²) < 4.78 is 27.8. The molecule has 10 heteroatoms. The fourth-order valence-corrected chi connectivity index (χ4v) is 6.89. The molecule has 37 heavy (non-hydrogen) atoms. The van der Waals surface area contributed by atoms with Gasteiger partial charge in [-0.1, -0.05) is 43.9 Å². The predicted molar refractivity (Wildman–Crippen MR) is 148 cm³/mol. The van der Waals surface area contributed by atoms with Crippen molar-refractivity contribution in [2.45, 2.75) is 49.5 Å². The lowest BCUT2D eigenvalue weighted by atomic mass is 9.97. The van der Waals surface area contributed by atoms with Crippen LogP contribution in [0, 0.1) is 5.92 Å². The molecular formula is C27H34N4O4S2. The molecule has 1 heterocycles. The average molecular weight is 543 g/mol. The second kappa shape index (κ2) is 12.1. The van der Waals surface area contributed by atoms with E-state index in [0.29, 0.717) is 35.9 Å². The van der Waals surface area contributed by atoms with Crippen molar-refractivity contribution in [2.24, 2.45) is 5.92 Å². The minimum atomic E-state index is -3.64. The van der Waals surface area contributed by atoms with Gasteiger partial charge in [0.25, 0.3) is 5.91 Å². The lowest BCUT2D eigenvalue weighted by Gasteiger charge is -2.22. The zero-order valence-corrected chi connectivity index (χ0v) is 22.6. The molecule has 1 aromatic heterocycles. The van der Waals surface area contributed by atoms with Crippen LogP contribution in [0.25, 0.3) is 10.1 Å². The standard InChI is InChI=1S/C27H34N4O4S2/c1-31(37(34,35)22-13-11-21(28)12-14-22)16-6-15-29-26(32)23(17-19-7-2-3-8-19)30-27(33)25-18-20-9-4-5-10-24(20)36-25/h4-5,9-14,18-19,23H,2-3,6-8,15-17,28H2,1H3,(H,29,32)(H,30,33)/t23-/m0/s1. The first-order valence-corrected chi connectivity index (χ1v) is 14.9. The van der Waals surface area contributed by atoms with Crippen molar-refractivity contribution in [2.75, 3.05) is 25.9 Å². The summed E-state index contributed by atoms with van der Waals surface area (Å²) >= 11 is 1.41. The molecule has 0 spiro atoms. The Bertz CT molecular complexity index is 1300. The molecule has 2 amide bonds. The van der Waals surface area contributed by atoms with E-state index in [2.05, 4.69) is 10.6 Å². The van der Waals surface area contributed by atoms with Crippen LogP contribution in [0.1, 0.15) is 48.2 Å². The van der Waals surface area contributed by atoms with Crippen LogP contribution >= 0.6 is 11.3 Å². The monoisotopic (exact) mass is 542 g/mol. The number of amides is 2. The maximum absolute atomic E-state index is 13.1. The fraction of sp³-hybridized carbons (Fsp3) is 0.407.